The monoisotopic (exact) mass is 274 g/mol. The second-order valence-corrected chi connectivity index (χ2v) is 6.61. The Kier molecular flexibility index (Phi) is 3.47. The first-order valence-corrected chi connectivity index (χ1v) is 7.16. The minimum atomic E-state index is -3.76. The average molecular weight is 274 g/mol. The molecule has 0 heterocycles. The maximum atomic E-state index is 13.0. The van der Waals surface area contributed by atoms with E-state index in [4.69, 9.17) is 0 Å². The molecule has 1 unspecified atom stereocenters. The minimum Gasteiger partial charge on any atom is -0.300 e. The lowest BCUT2D eigenvalue weighted by Gasteiger charge is -2.21. The zero-order chi connectivity index (χ0) is 13.3. The third-order valence-corrected chi connectivity index (χ3v) is 5.29. The molecule has 0 bridgehead atoms. The smallest absolute Gasteiger partial charge is 0.181 e. The van der Waals surface area contributed by atoms with Gasteiger partial charge in [-0.05, 0) is 31.0 Å². The van der Waals surface area contributed by atoms with Crippen molar-refractivity contribution in [1.29, 1.82) is 0 Å². The fraction of sp³-hybridized carbons (Fsp3) is 0.417. The molecule has 0 aromatic heterocycles. The van der Waals surface area contributed by atoms with Crippen molar-refractivity contribution in [1.82, 2.24) is 0 Å². The van der Waals surface area contributed by atoms with Crippen molar-refractivity contribution in [2.75, 3.05) is 0 Å². The van der Waals surface area contributed by atoms with Crippen LogP contribution in [-0.2, 0) is 14.6 Å². The largest absolute Gasteiger partial charge is 0.300 e. The van der Waals surface area contributed by atoms with Crippen molar-refractivity contribution < 1.29 is 22.0 Å². The summed E-state index contributed by atoms with van der Waals surface area (Å²) in [4.78, 5) is 11.0. The quantitative estimate of drug-likeness (QED) is 0.777. The van der Waals surface area contributed by atoms with Crippen LogP contribution < -0.4 is 0 Å². The third kappa shape index (κ3) is 2.43. The van der Waals surface area contributed by atoms with Gasteiger partial charge in [0.15, 0.2) is 21.5 Å². The lowest BCUT2D eigenvalue weighted by molar-refractivity contribution is -0.120. The molecule has 1 aromatic carbocycles. The van der Waals surface area contributed by atoms with Crippen molar-refractivity contribution >= 4 is 15.6 Å². The fourth-order valence-corrected chi connectivity index (χ4v) is 3.89. The summed E-state index contributed by atoms with van der Waals surface area (Å²) in [7, 11) is -3.76. The molecule has 0 spiro atoms. The fourth-order valence-electron chi connectivity index (χ4n) is 2.10. The Morgan fingerprint density at radius 2 is 1.89 bits per heavy atom. The van der Waals surface area contributed by atoms with Gasteiger partial charge in [-0.2, -0.15) is 0 Å². The summed E-state index contributed by atoms with van der Waals surface area (Å²) in [5.74, 6) is -2.38. The Labute approximate surface area is 104 Å². The third-order valence-electron chi connectivity index (χ3n) is 3.10. The topological polar surface area (TPSA) is 51.2 Å². The van der Waals surface area contributed by atoms with Crippen LogP contribution in [0, 0.1) is 11.6 Å². The van der Waals surface area contributed by atoms with Gasteiger partial charge in [0.05, 0.1) is 10.1 Å². The van der Waals surface area contributed by atoms with Crippen LogP contribution in [0.3, 0.4) is 0 Å². The van der Waals surface area contributed by atoms with Gasteiger partial charge in [-0.3, -0.25) is 4.79 Å². The van der Waals surface area contributed by atoms with Crippen molar-refractivity contribution in [3.63, 3.8) is 0 Å². The molecular weight excluding hydrogens is 262 g/mol. The molecule has 1 fully saturated rings. The van der Waals surface area contributed by atoms with Gasteiger partial charge in [0.2, 0.25) is 0 Å². The van der Waals surface area contributed by atoms with Gasteiger partial charge in [-0.1, -0.05) is 0 Å². The van der Waals surface area contributed by atoms with Gasteiger partial charge < -0.3 is 0 Å². The number of hydrogen-bond acceptors (Lipinski definition) is 3. The molecule has 3 nitrogen and oxygen atoms in total. The normalized spacial score (nSPS) is 21.0. The van der Waals surface area contributed by atoms with Gasteiger partial charge in [0.25, 0.3) is 0 Å². The minimum absolute atomic E-state index is 0.0403. The number of carbonyl (C=O) groups excluding carboxylic acids is 1. The standard InChI is InChI=1S/C12H12F2O3S/c13-11-5-4-10(7-12(11)14)18(16,17)9-3-1-2-8(15)6-9/h4-5,7,9H,1-3,6H2. The molecule has 0 N–H and O–H groups in total. The van der Waals surface area contributed by atoms with Crippen LogP contribution in [0.15, 0.2) is 23.1 Å². The summed E-state index contributed by atoms with van der Waals surface area (Å²) in [6.07, 6.45) is 1.25. The number of benzene rings is 1. The van der Waals surface area contributed by atoms with Crippen LogP contribution in [-0.4, -0.2) is 19.5 Å². The van der Waals surface area contributed by atoms with Gasteiger partial charge in [0.1, 0.15) is 5.78 Å². The molecule has 6 heteroatoms. The Balaban J connectivity index is 2.35. The second-order valence-electron chi connectivity index (χ2n) is 4.38. The highest BCUT2D eigenvalue weighted by Gasteiger charge is 2.32. The van der Waals surface area contributed by atoms with E-state index in [-0.39, 0.29) is 17.1 Å². The first-order valence-electron chi connectivity index (χ1n) is 5.62. The molecule has 2 rings (SSSR count). The Bertz CT molecular complexity index is 581. The van der Waals surface area contributed by atoms with Crippen molar-refractivity contribution in [2.45, 2.75) is 35.8 Å². The van der Waals surface area contributed by atoms with E-state index in [9.17, 15) is 22.0 Å². The van der Waals surface area contributed by atoms with Crippen molar-refractivity contribution in [3.8, 4) is 0 Å². The Hall–Kier alpha value is -1.30. The molecule has 18 heavy (non-hydrogen) atoms. The van der Waals surface area contributed by atoms with Crippen LogP contribution in [0.2, 0.25) is 0 Å². The van der Waals surface area contributed by atoms with Crippen LogP contribution >= 0.6 is 0 Å². The van der Waals surface area contributed by atoms with Crippen LogP contribution in [0.5, 0.6) is 0 Å². The SMILES string of the molecule is O=C1CCCC(S(=O)(=O)c2ccc(F)c(F)c2)C1. The molecule has 1 aliphatic carbocycles. The van der Waals surface area contributed by atoms with Crippen molar-refractivity contribution in [3.05, 3.63) is 29.8 Å². The summed E-state index contributed by atoms with van der Waals surface area (Å²) < 4.78 is 50.1. The van der Waals surface area contributed by atoms with Crippen LogP contribution in [0.4, 0.5) is 8.78 Å². The zero-order valence-electron chi connectivity index (χ0n) is 9.53. The number of hydrogen-bond donors (Lipinski definition) is 0. The van der Waals surface area contributed by atoms with E-state index in [2.05, 4.69) is 0 Å². The highest BCUT2D eigenvalue weighted by Crippen LogP contribution is 2.27. The number of Topliss-reactive ketones (excluding diaryl/α,β-unsaturated/α-hetero) is 1. The van der Waals surface area contributed by atoms with Gasteiger partial charge in [-0.25, -0.2) is 17.2 Å². The summed E-state index contributed by atoms with van der Waals surface area (Å²) >= 11 is 0. The number of carbonyl (C=O) groups is 1. The Morgan fingerprint density at radius 1 is 1.17 bits per heavy atom. The second kappa shape index (κ2) is 4.76. The molecule has 1 atom stereocenters. The van der Waals surface area contributed by atoms with E-state index in [1.165, 1.54) is 0 Å². The molecule has 0 saturated heterocycles. The molecule has 0 aliphatic heterocycles. The van der Waals surface area contributed by atoms with Crippen LogP contribution in [0.1, 0.15) is 25.7 Å². The van der Waals surface area contributed by atoms with Gasteiger partial charge in [-0.15, -0.1) is 0 Å². The van der Waals surface area contributed by atoms with E-state index in [0.29, 0.717) is 25.3 Å². The molecule has 1 aliphatic rings. The Morgan fingerprint density at radius 3 is 2.50 bits per heavy atom. The molecule has 0 amide bonds. The van der Waals surface area contributed by atoms with Crippen LogP contribution in [0.25, 0.3) is 0 Å². The lowest BCUT2D eigenvalue weighted by atomic mass is 9.99. The highest BCUT2D eigenvalue weighted by molar-refractivity contribution is 7.92. The van der Waals surface area contributed by atoms with Gasteiger partial charge in [0, 0.05) is 12.8 Å². The summed E-state index contributed by atoms with van der Waals surface area (Å²) in [5, 5.41) is -0.816. The average Bonchev–Trinajstić information content (AvgIpc) is 2.32. The van der Waals surface area contributed by atoms with E-state index in [1.54, 1.807) is 0 Å². The molecule has 98 valence electrons. The van der Waals surface area contributed by atoms with Crippen molar-refractivity contribution in [2.24, 2.45) is 0 Å². The summed E-state index contributed by atoms with van der Waals surface area (Å²) in [5.41, 5.74) is 0. The molecule has 0 radical (unpaired) electrons. The zero-order valence-corrected chi connectivity index (χ0v) is 10.3. The lowest BCUT2D eigenvalue weighted by Crippen LogP contribution is -2.28. The van der Waals surface area contributed by atoms with E-state index >= 15 is 0 Å². The van der Waals surface area contributed by atoms with E-state index < -0.39 is 26.7 Å². The summed E-state index contributed by atoms with van der Waals surface area (Å²) in [6, 6.07) is 2.49. The number of sulfone groups is 1. The summed E-state index contributed by atoms with van der Waals surface area (Å²) in [6.45, 7) is 0. The van der Waals surface area contributed by atoms with E-state index in [0.717, 1.165) is 12.1 Å². The number of rotatable bonds is 2. The molecule has 1 aromatic rings. The predicted molar refractivity (Wildman–Crippen MR) is 60.8 cm³/mol. The number of ketones is 1. The first kappa shape index (κ1) is 13.1. The predicted octanol–water partition coefficient (Wildman–Crippen LogP) is 2.25. The molecule has 1 saturated carbocycles. The maximum Gasteiger partial charge on any atom is 0.181 e. The molecular formula is C12H12F2O3S. The number of halogens is 2. The van der Waals surface area contributed by atoms with E-state index in [1.807, 2.05) is 0 Å². The maximum absolute atomic E-state index is 13.0. The highest BCUT2D eigenvalue weighted by atomic mass is 32.2. The van der Waals surface area contributed by atoms with Gasteiger partial charge >= 0.3 is 0 Å². The first-order chi connectivity index (χ1) is 8.41.